The molecule has 3 heterocycles. The second-order valence-corrected chi connectivity index (χ2v) is 10.4. The lowest BCUT2D eigenvalue weighted by Crippen LogP contribution is -2.44. The highest BCUT2D eigenvalue weighted by Gasteiger charge is 2.33. The second-order valence-electron chi connectivity index (χ2n) is 8.78. The fourth-order valence-electron chi connectivity index (χ4n) is 4.46. The van der Waals surface area contributed by atoms with Gasteiger partial charge in [-0.2, -0.15) is 0 Å². The molecule has 2 aliphatic rings. The number of aliphatic imine (C=N–C) groups is 1. The van der Waals surface area contributed by atoms with Crippen LogP contribution in [0.15, 0.2) is 57.0 Å². The highest BCUT2D eigenvalue weighted by Crippen LogP contribution is 2.26. The van der Waals surface area contributed by atoms with Gasteiger partial charge in [-0.25, -0.2) is 8.42 Å². The van der Waals surface area contributed by atoms with E-state index in [2.05, 4.69) is 19.9 Å². The van der Waals surface area contributed by atoms with Gasteiger partial charge in [0.15, 0.2) is 0 Å². The summed E-state index contributed by atoms with van der Waals surface area (Å²) < 4.78 is 33.1. The number of furan rings is 1. The lowest BCUT2D eigenvalue weighted by atomic mass is 9.98. The van der Waals surface area contributed by atoms with Gasteiger partial charge in [-0.15, -0.1) is 0 Å². The zero-order valence-electron chi connectivity index (χ0n) is 19.2. The Labute approximate surface area is 195 Å². The number of amidine groups is 1. The third-order valence-electron chi connectivity index (χ3n) is 6.56. The van der Waals surface area contributed by atoms with Crippen molar-refractivity contribution in [1.29, 1.82) is 0 Å². The van der Waals surface area contributed by atoms with Gasteiger partial charge in [-0.1, -0.05) is 38.8 Å². The van der Waals surface area contributed by atoms with E-state index in [-0.39, 0.29) is 28.6 Å². The van der Waals surface area contributed by atoms with E-state index < -0.39 is 16.1 Å². The van der Waals surface area contributed by atoms with Gasteiger partial charge in [-0.05, 0) is 56.1 Å². The number of rotatable bonds is 8. The Hall–Kier alpha value is -2.65. The summed E-state index contributed by atoms with van der Waals surface area (Å²) in [6.07, 6.45) is 5.88. The average molecular weight is 473 g/mol. The summed E-state index contributed by atoms with van der Waals surface area (Å²) in [7, 11) is -3.66. The summed E-state index contributed by atoms with van der Waals surface area (Å²) in [6.45, 7) is 6.30. The minimum atomic E-state index is -3.66. The highest BCUT2D eigenvalue weighted by atomic mass is 32.2. The lowest BCUT2D eigenvalue weighted by molar-refractivity contribution is -0.123. The van der Waals surface area contributed by atoms with Crippen molar-refractivity contribution in [2.75, 3.05) is 19.6 Å². The van der Waals surface area contributed by atoms with Crippen LogP contribution in [0.1, 0.15) is 56.9 Å². The number of nitrogens with zero attached hydrogens (tertiary/aromatic N) is 2. The number of fused-ring (bicyclic) bond motifs is 1. The van der Waals surface area contributed by atoms with Gasteiger partial charge < -0.3 is 9.73 Å². The van der Waals surface area contributed by atoms with Crippen LogP contribution in [-0.2, 0) is 14.8 Å². The number of amides is 1. The predicted molar refractivity (Wildman–Crippen MR) is 126 cm³/mol. The maximum Gasteiger partial charge on any atom is 0.263 e. The Bertz CT molecular complexity index is 1090. The summed E-state index contributed by atoms with van der Waals surface area (Å²) in [5.74, 6) is 0.784. The summed E-state index contributed by atoms with van der Waals surface area (Å²) in [4.78, 5) is 20.5. The summed E-state index contributed by atoms with van der Waals surface area (Å²) in [6, 6.07) is 9.76. The summed E-state index contributed by atoms with van der Waals surface area (Å²) in [5, 5.41) is 3.08. The van der Waals surface area contributed by atoms with Gasteiger partial charge in [0, 0.05) is 12.1 Å². The van der Waals surface area contributed by atoms with Crippen molar-refractivity contribution in [3.05, 3.63) is 54.0 Å². The molecule has 1 saturated heterocycles. The first-order valence-electron chi connectivity index (χ1n) is 11.7. The molecule has 1 amide bonds. The van der Waals surface area contributed by atoms with Crippen LogP contribution in [0.5, 0.6) is 0 Å². The van der Waals surface area contributed by atoms with Crippen LogP contribution in [0.4, 0.5) is 0 Å². The first kappa shape index (κ1) is 23.5. The maximum atomic E-state index is 13.3. The van der Waals surface area contributed by atoms with Crippen molar-refractivity contribution in [2.45, 2.75) is 56.5 Å². The number of piperidine rings is 1. The zero-order chi connectivity index (χ0) is 23.4. The number of likely N-dealkylation sites (tertiary alicyclic amines) is 1. The first-order valence-corrected chi connectivity index (χ1v) is 13.1. The van der Waals surface area contributed by atoms with Crippen molar-refractivity contribution >= 4 is 21.8 Å². The highest BCUT2D eigenvalue weighted by molar-refractivity contribution is 7.90. The molecule has 1 unspecified atom stereocenters. The molecule has 0 radical (unpaired) electrons. The quantitative estimate of drug-likeness (QED) is 0.615. The molecule has 9 heteroatoms. The molecule has 0 spiro atoms. The molecule has 1 fully saturated rings. The molecule has 2 aliphatic heterocycles. The molecule has 1 aromatic heterocycles. The smallest absolute Gasteiger partial charge is 0.263 e. The van der Waals surface area contributed by atoms with E-state index in [1.807, 2.05) is 26.0 Å². The number of sulfonamides is 1. The molecule has 0 saturated carbocycles. The molecule has 0 bridgehead atoms. The molecule has 0 aliphatic carbocycles. The SMILES string of the molecule is CC[C@H](C)[C@H](N=C1NS(=O)(=O)c2ccccc21)C(=O)NCC(c1ccco1)N1CCCCC1. The molecule has 3 atom stereocenters. The van der Waals surface area contributed by atoms with Crippen LogP contribution < -0.4 is 10.0 Å². The predicted octanol–water partition coefficient (Wildman–Crippen LogP) is 3.08. The Morgan fingerprint density at radius 3 is 2.64 bits per heavy atom. The van der Waals surface area contributed by atoms with Crippen molar-refractivity contribution in [1.82, 2.24) is 14.9 Å². The van der Waals surface area contributed by atoms with Crippen molar-refractivity contribution in [2.24, 2.45) is 10.9 Å². The number of nitrogens with one attached hydrogen (secondary N) is 2. The maximum absolute atomic E-state index is 13.3. The van der Waals surface area contributed by atoms with Gasteiger partial charge in [-0.3, -0.25) is 19.4 Å². The van der Waals surface area contributed by atoms with Crippen molar-refractivity contribution < 1.29 is 17.6 Å². The second kappa shape index (κ2) is 10.1. The standard InChI is InChI=1S/C24H32N4O4S/c1-3-17(2)22(26-23-18-10-5-6-12-21(18)33(30,31)27-23)24(29)25-16-19(20-11-9-15-32-20)28-13-7-4-8-14-28/h5-6,9-12,15,17,19,22H,3-4,7-8,13-14,16H2,1-2H3,(H,25,29)(H,26,27)/t17-,19?,22-/m0/s1. The summed E-state index contributed by atoms with van der Waals surface area (Å²) >= 11 is 0. The van der Waals surface area contributed by atoms with Gasteiger partial charge in [0.1, 0.15) is 17.6 Å². The molecule has 33 heavy (non-hydrogen) atoms. The number of hydrogen-bond donors (Lipinski definition) is 2. The largest absolute Gasteiger partial charge is 0.468 e. The van der Waals surface area contributed by atoms with E-state index in [1.54, 1.807) is 30.5 Å². The van der Waals surface area contributed by atoms with E-state index in [1.165, 1.54) is 6.42 Å². The third kappa shape index (κ3) is 5.14. The molecule has 4 rings (SSSR count). The van der Waals surface area contributed by atoms with Crippen LogP contribution in [-0.4, -0.2) is 50.7 Å². The van der Waals surface area contributed by atoms with E-state index in [4.69, 9.17) is 4.42 Å². The lowest BCUT2D eigenvalue weighted by Gasteiger charge is -2.33. The monoisotopic (exact) mass is 472 g/mol. The van der Waals surface area contributed by atoms with Gasteiger partial charge in [0.25, 0.3) is 10.0 Å². The van der Waals surface area contributed by atoms with Gasteiger partial charge in [0.2, 0.25) is 5.91 Å². The minimum Gasteiger partial charge on any atom is -0.468 e. The molecule has 178 valence electrons. The first-order chi connectivity index (χ1) is 15.9. The summed E-state index contributed by atoms with van der Waals surface area (Å²) in [5.41, 5.74) is 0.500. The normalized spacial score (nSPS) is 21.7. The fraction of sp³-hybridized carbons (Fsp3) is 0.500. The molecule has 8 nitrogen and oxygen atoms in total. The third-order valence-corrected chi connectivity index (χ3v) is 7.95. The molecular weight excluding hydrogens is 440 g/mol. The van der Waals surface area contributed by atoms with Crippen LogP contribution >= 0.6 is 0 Å². The van der Waals surface area contributed by atoms with Crippen LogP contribution in [0.2, 0.25) is 0 Å². The average Bonchev–Trinajstić information content (AvgIpc) is 3.44. The minimum absolute atomic E-state index is 0.0415. The van der Waals surface area contributed by atoms with Gasteiger partial charge >= 0.3 is 0 Å². The number of carbonyl (C=O) groups excluding carboxylic acids is 1. The van der Waals surface area contributed by atoms with Crippen LogP contribution in [0.25, 0.3) is 0 Å². The molecule has 2 aromatic rings. The zero-order valence-corrected chi connectivity index (χ0v) is 20.0. The Morgan fingerprint density at radius 1 is 1.18 bits per heavy atom. The fourth-order valence-corrected chi connectivity index (χ4v) is 5.70. The molecule has 1 aromatic carbocycles. The van der Waals surface area contributed by atoms with Gasteiger partial charge in [0.05, 0.1) is 17.2 Å². The van der Waals surface area contributed by atoms with Crippen LogP contribution in [0, 0.1) is 5.92 Å². The molecule has 2 N–H and O–H groups in total. The Kier molecular flexibility index (Phi) is 7.19. The Morgan fingerprint density at radius 2 is 1.94 bits per heavy atom. The number of benzene rings is 1. The van der Waals surface area contributed by atoms with Crippen molar-refractivity contribution in [3.8, 4) is 0 Å². The van der Waals surface area contributed by atoms with E-state index in [0.29, 0.717) is 12.1 Å². The van der Waals surface area contributed by atoms with Crippen molar-refractivity contribution in [3.63, 3.8) is 0 Å². The number of hydrogen-bond acceptors (Lipinski definition) is 6. The van der Waals surface area contributed by atoms with E-state index >= 15 is 0 Å². The van der Waals surface area contributed by atoms with Crippen LogP contribution in [0.3, 0.4) is 0 Å². The Balaban J connectivity index is 1.54. The molecular formula is C24H32N4O4S. The van der Waals surface area contributed by atoms with E-state index in [9.17, 15) is 13.2 Å². The topological polar surface area (TPSA) is 104 Å². The van der Waals surface area contributed by atoms with E-state index in [0.717, 1.165) is 38.1 Å². The number of carbonyl (C=O) groups is 1.